The maximum Gasteiger partial charge on any atom is 0.235 e. The maximum atomic E-state index is 11.7. The molecule has 0 aromatic heterocycles. The maximum absolute atomic E-state index is 11.7. The second kappa shape index (κ2) is 3.29. The van der Waals surface area contributed by atoms with Gasteiger partial charge in [0, 0.05) is 5.70 Å². The Bertz CT molecular complexity index is 387. The first-order valence-corrected chi connectivity index (χ1v) is 4.82. The van der Waals surface area contributed by atoms with Crippen molar-refractivity contribution in [1.82, 2.24) is 0 Å². The summed E-state index contributed by atoms with van der Waals surface area (Å²) in [6.45, 7) is 5.92. The van der Waals surface area contributed by atoms with Crippen molar-refractivity contribution in [3.63, 3.8) is 0 Å². The van der Waals surface area contributed by atoms with Crippen molar-refractivity contribution in [1.29, 1.82) is 0 Å². The number of hydrogen-bond donors (Lipinski definition) is 0. The molecule has 1 heterocycles. The van der Waals surface area contributed by atoms with E-state index in [1.165, 1.54) is 0 Å². The van der Waals surface area contributed by atoms with Crippen LogP contribution in [0, 0.1) is 0 Å². The highest BCUT2D eigenvalue weighted by molar-refractivity contribution is 6.03. The van der Waals surface area contributed by atoms with Gasteiger partial charge in [0.1, 0.15) is 0 Å². The molecular weight excluding hydrogens is 174 g/mol. The van der Waals surface area contributed by atoms with Crippen LogP contribution in [0.2, 0.25) is 0 Å². The van der Waals surface area contributed by atoms with E-state index >= 15 is 0 Å². The van der Waals surface area contributed by atoms with Crippen LogP contribution in [0.4, 0.5) is 5.69 Å². The lowest BCUT2D eigenvalue weighted by Crippen LogP contribution is -2.24. The number of allylic oxidation sites excluding steroid dienone is 1. The highest BCUT2D eigenvalue weighted by Crippen LogP contribution is 2.31. The van der Waals surface area contributed by atoms with Crippen LogP contribution in [-0.4, -0.2) is 5.91 Å². The first kappa shape index (κ1) is 9.00. The summed E-state index contributed by atoms with van der Waals surface area (Å²) in [5.74, 6) is 0.137. The number of carbonyl (C=O) groups excluding carboxylic acids is 1. The normalized spacial score (nSPS) is 14.4. The Kier molecular flexibility index (Phi) is 2.12. The van der Waals surface area contributed by atoms with Crippen molar-refractivity contribution in [2.75, 3.05) is 4.90 Å². The average Bonchev–Trinajstić information content (AvgIpc) is 2.53. The first-order chi connectivity index (χ1) is 6.74. The van der Waals surface area contributed by atoms with E-state index in [-0.39, 0.29) is 5.91 Å². The molecule has 1 aliphatic heterocycles. The first-order valence-electron chi connectivity index (χ1n) is 4.82. The topological polar surface area (TPSA) is 20.3 Å². The molecule has 0 N–H and O–H groups in total. The van der Waals surface area contributed by atoms with E-state index in [4.69, 9.17) is 0 Å². The average molecular weight is 187 g/mol. The Balaban J connectivity index is 2.44. The summed E-state index contributed by atoms with van der Waals surface area (Å²) < 4.78 is 0. The van der Waals surface area contributed by atoms with Gasteiger partial charge in [-0.3, -0.25) is 9.69 Å². The minimum absolute atomic E-state index is 0.137. The molecule has 72 valence electrons. The van der Waals surface area contributed by atoms with Gasteiger partial charge in [-0.15, -0.1) is 0 Å². The lowest BCUT2D eigenvalue weighted by Gasteiger charge is -2.18. The standard InChI is InChI=1S/C12H13NO/c1-3-9(2)13-11-7-5-4-6-10(11)8-12(13)14/h4-7H,2-3,8H2,1H3. The van der Waals surface area contributed by atoms with E-state index < -0.39 is 0 Å². The number of fused-ring (bicyclic) bond motifs is 1. The lowest BCUT2D eigenvalue weighted by atomic mass is 10.2. The fraction of sp³-hybridized carbons (Fsp3) is 0.250. The van der Waals surface area contributed by atoms with Gasteiger partial charge in [-0.25, -0.2) is 0 Å². The van der Waals surface area contributed by atoms with Gasteiger partial charge in [0.05, 0.1) is 12.1 Å². The van der Waals surface area contributed by atoms with Gasteiger partial charge in [-0.05, 0) is 18.1 Å². The molecule has 1 aliphatic rings. The number of hydrogen-bond acceptors (Lipinski definition) is 1. The van der Waals surface area contributed by atoms with Crippen LogP contribution < -0.4 is 4.90 Å². The van der Waals surface area contributed by atoms with Crippen molar-refractivity contribution in [3.8, 4) is 0 Å². The highest BCUT2D eigenvalue weighted by Gasteiger charge is 2.27. The number of benzene rings is 1. The zero-order chi connectivity index (χ0) is 10.1. The van der Waals surface area contributed by atoms with Gasteiger partial charge in [0.15, 0.2) is 0 Å². The minimum atomic E-state index is 0.137. The van der Waals surface area contributed by atoms with Crippen LogP contribution in [0.15, 0.2) is 36.5 Å². The molecule has 1 amide bonds. The van der Waals surface area contributed by atoms with Gasteiger partial charge in [-0.2, -0.15) is 0 Å². The van der Waals surface area contributed by atoms with Gasteiger partial charge in [0.2, 0.25) is 5.91 Å². The number of rotatable bonds is 2. The third kappa shape index (κ3) is 1.23. The molecule has 2 rings (SSSR count). The Hall–Kier alpha value is -1.57. The molecule has 2 nitrogen and oxygen atoms in total. The molecule has 0 spiro atoms. The fourth-order valence-corrected chi connectivity index (χ4v) is 1.76. The summed E-state index contributed by atoms with van der Waals surface area (Å²) in [5, 5.41) is 0. The molecule has 0 unspecified atom stereocenters. The van der Waals surface area contributed by atoms with Crippen molar-refractivity contribution in [3.05, 3.63) is 42.1 Å². The van der Waals surface area contributed by atoms with Gasteiger partial charge >= 0.3 is 0 Å². The predicted octanol–water partition coefficient (Wildman–Crippen LogP) is 2.50. The summed E-state index contributed by atoms with van der Waals surface area (Å²) in [6, 6.07) is 7.88. The van der Waals surface area contributed by atoms with Crippen LogP contribution in [-0.2, 0) is 11.2 Å². The monoisotopic (exact) mass is 187 g/mol. The van der Waals surface area contributed by atoms with E-state index in [2.05, 4.69) is 6.58 Å². The zero-order valence-corrected chi connectivity index (χ0v) is 8.29. The number of carbonyl (C=O) groups is 1. The van der Waals surface area contributed by atoms with Gasteiger partial charge in [0.25, 0.3) is 0 Å². The second-order valence-corrected chi connectivity index (χ2v) is 3.45. The van der Waals surface area contributed by atoms with Crippen LogP contribution in [0.3, 0.4) is 0 Å². The molecular formula is C12H13NO. The second-order valence-electron chi connectivity index (χ2n) is 3.45. The van der Waals surface area contributed by atoms with Crippen molar-refractivity contribution < 1.29 is 4.79 Å². The summed E-state index contributed by atoms with van der Waals surface area (Å²) in [4.78, 5) is 13.4. The molecule has 0 bridgehead atoms. The summed E-state index contributed by atoms with van der Waals surface area (Å²) in [6.07, 6.45) is 1.31. The fourth-order valence-electron chi connectivity index (χ4n) is 1.76. The van der Waals surface area contributed by atoms with Crippen LogP contribution in [0.5, 0.6) is 0 Å². The Labute approximate surface area is 83.8 Å². The number of amides is 1. The summed E-state index contributed by atoms with van der Waals surface area (Å²) in [5.41, 5.74) is 2.98. The van der Waals surface area contributed by atoms with Crippen LogP contribution >= 0.6 is 0 Å². The Morgan fingerprint density at radius 1 is 1.50 bits per heavy atom. The molecule has 0 saturated heterocycles. The summed E-state index contributed by atoms with van der Waals surface area (Å²) >= 11 is 0. The smallest absolute Gasteiger partial charge is 0.235 e. The van der Waals surface area contributed by atoms with Crippen LogP contribution in [0.1, 0.15) is 18.9 Å². The predicted molar refractivity (Wildman–Crippen MR) is 57.1 cm³/mol. The molecule has 0 atom stereocenters. The van der Waals surface area contributed by atoms with Gasteiger partial charge in [-0.1, -0.05) is 31.7 Å². The van der Waals surface area contributed by atoms with E-state index in [1.807, 2.05) is 31.2 Å². The van der Waals surface area contributed by atoms with E-state index in [9.17, 15) is 4.79 Å². The highest BCUT2D eigenvalue weighted by atomic mass is 16.2. The van der Waals surface area contributed by atoms with E-state index in [1.54, 1.807) is 4.90 Å². The Morgan fingerprint density at radius 3 is 2.93 bits per heavy atom. The molecule has 0 fully saturated rings. The molecule has 2 heteroatoms. The van der Waals surface area contributed by atoms with Crippen molar-refractivity contribution in [2.45, 2.75) is 19.8 Å². The van der Waals surface area contributed by atoms with Crippen molar-refractivity contribution in [2.24, 2.45) is 0 Å². The third-order valence-electron chi connectivity index (χ3n) is 2.55. The van der Waals surface area contributed by atoms with E-state index in [0.717, 1.165) is 23.4 Å². The molecule has 0 aliphatic carbocycles. The van der Waals surface area contributed by atoms with Crippen molar-refractivity contribution >= 4 is 11.6 Å². The quantitative estimate of drug-likeness (QED) is 0.696. The molecule has 14 heavy (non-hydrogen) atoms. The van der Waals surface area contributed by atoms with Crippen LogP contribution in [0.25, 0.3) is 0 Å². The molecule has 0 saturated carbocycles. The van der Waals surface area contributed by atoms with Gasteiger partial charge < -0.3 is 0 Å². The Morgan fingerprint density at radius 2 is 2.21 bits per heavy atom. The molecule has 1 aromatic rings. The number of para-hydroxylation sites is 1. The van der Waals surface area contributed by atoms with E-state index in [0.29, 0.717) is 6.42 Å². The zero-order valence-electron chi connectivity index (χ0n) is 8.29. The summed E-state index contributed by atoms with van der Waals surface area (Å²) in [7, 11) is 0. The largest absolute Gasteiger partial charge is 0.285 e. The molecule has 1 aromatic carbocycles. The lowest BCUT2D eigenvalue weighted by molar-refractivity contribution is -0.116. The SMILES string of the molecule is C=C(CC)N1C(=O)Cc2ccccc21. The molecule has 0 radical (unpaired) electrons. The number of nitrogens with zero attached hydrogens (tertiary/aromatic N) is 1. The minimum Gasteiger partial charge on any atom is -0.285 e. The third-order valence-corrected chi connectivity index (χ3v) is 2.55. The number of anilines is 1.